The van der Waals surface area contributed by atoms with E-state index in [2.05, 4.69) is 47.2 Å². The molecule has 19 heavy (non-hydrogen) atoms. The maximum absolute atomic E-state index is 5.52. The summed E-state index contributed by atoms with van der Waals surface area (Å²) in [5.41, 5.74) is 2.72. The van der Waals surface area contributed by atoms with Gasteiger partial charge >= 0.3 is 0 Å². The molecular formula is C16H24BrNO. The molecule has 0 saturated carbocycles. The van der Waals surface area contributed by atoms with Gasteiger partial charge in [-0.1, -0.05) is 19.9 Å². The summed E-state index contributed by atoms with van der Waals surface area (Å²) >= 11 is 3.65. The Labute approximate surface area is 125 Å². The average molecular weight is 326 g/mol. The number of benzene rings is 1. The van der Waals surface area contributed by atoms with Crippen molar-refractivity contribution in [2.45, 2.75) is 39.0 Å². The topological polar surface area (TPSA) is 21.3 Å². The highest BCUT2D eigenvalue weighted by atomic mass is 79.9. The van der Waals surface area contributed by atoms with Crippen LogP contribution in [0.3, 0.4) is 0 Å². The molecule has 0 spiro atoms. The number of halogens is 1. The molecule has 0 aliphatic carbocycles. The zero-order valence-corrected chi connectivity index (χ0v) is 13.7. The van der Waals surface area contributed by atoms with Crippen molar-refractivity contribution < 1.29 is 4.74 Å². The van der Waals surface area contributed by atoms with E-state index in [0.29, 0.717) is 5.92 Å². The van der Waals surface area contributed by atoms with Gasteiger partial charge in [-0.05, 0) is 77.3 Å². The van der Waals surface area contributed by atoms with Crippen molar-refractivity contribution in [1.29, 1.82) is 0 Å². The summed E-state index contributed by atoms with van der Waals surface area (Å²) in [6.07, 6.45) is 3.81. The maximum atomic E-state index is 5.52. The van der Waals surface area contributed by atoms with Crippen LogP contribution in [-0.2, 0) is 6.42 Å². The molecule has 2 nitrogen and oxygen atoms in total. The summed E-state index contributed by atoms with van der Waals surface area (Å²) in [5.74, 6) is 2.24. The molecule has 0 radical (unpaired) electrons. The molecule has 1 unspecified atom stereocenters. The van der Waals surface area contributed by atoms with Gasteiger partial charge in [0.25, 0.3) is 0 Å². The number of piperidine rings is 1. The molecule has 1 aliphatic rings. The summed E-state index contributed by atoms with van der Waals surface area (Å²) < 4.78 is 6.61. The third-order valence-corrected chi connectivity index (χ3v) is 4.47. The first-order valence-corrected chi connectivity index (χ1v) is 7.98. The molecule has 0 amide bonds. The highest BCUT2D eigenvalue weighted by Crippen LogP contribution is 2.35. The Bertz CT molecular complexity index is 425. The van der Waals surface area contributed by atoms with Crippen LogP contribution in [0.4, 0.5) is 0 Å². The minimum atomic E-state index is 0.482. The van der Waals surface area contributed by atoms with Crippen LogP contribution < -0.4 is 10.1 Å². The second-order valence-electron chi connectivity index (χ2n) is 5.77. The fourth-order valence-electron chi connectivity index (χ4n) is 2.87. The molecule has 1 aliphatic heterocycles. The number of rotatable bonds is 4. The minimum Gasteiger partial charge on any atom is -0.495 e. The lowest BCUT2D eigenvalue weighted by Gasteiger charge is -2.24. The Morgan fingerprint density at radius 2 is 2.21 bits per heavy atom. The van der Waals surface area contributed by atoms with Gasteiger partial charge in [0, 0.05) is 0 Å². The van der Waals surface area contributed by atoms with Gasteiger partial charge in [-0.2, -0.15) is 0 Å². The molecule has 1 fully saturated rings. The van der Waals surface area contributed by atoms with Gasteiger partial charge in [-0.25, -0.2) is 0 Å². The van der Waals surface area contributed by atoms with Crippen LogP contribution in [0.15, 0.2) is 16.6 Å². The molecule has 2 rings (SSSR count). The molecule has 1 atom stereocenters. The van der Waals surface area contributed by atoms with Gasteiger partial charge in [0.05, 0.1) is 11.6 Å². The van der Waals surface area contributed by atoms with Crippen LogP contribution in [-0.4, -0.2) is 20.2 Å². The van der Waals surface area contributed by atoms with Crippen LogP contribution in [0.25, 0.3) is 0 Å². The number of hydrogen-bond acceptors (Lipinski definition) is 2. The van der Waals surface area contributed by atoms with E-state index in [0.717, 1.165) is 29.1 Å². The monoisotopic (exact) mass is 325 g/mol. The van der Waals surface area contributed by atoms with Crippen LogP contribution in [0.5, 0.6) is 5.75 Å². The van der Waals surface area contributed by atoms with Gasteiger partial charge in [-0.15, -0.1) is 0 Å². The Balaban J connectivity index is 2.21. The first-order chi connectivity index (χ1) is 9.11. The van der Waals surface area contributed by atoms with Crippen molar-refractivity contribution in [3.63, 3.8) is 0 Å². The van der Waals surface area contributed by atoms with E-state index in [1.165, 1.54) is 30.5 Å². The summed E-state index contributed by atoms with van der Waals surface area (Å²) in [5, 5.41) is 3.49. The molecule has 106 valence electrons. The lowest BCUT2D eigenvalue weighted by Crippen LogP contribution is -2.30. The van der Waals surface area contributed by atoms with E-state index in [-0.39, 0.29) is 0 Å². The SMILES string of the molecule is COc1c(Br)cc(CC2CCCNC2)cc1C(C)C. The van der Waals surface area contributed by atoms with E-state index in [9.17, 15) is 0 Å². The lowest BCUT2D eigenvalue weighted by atomic mass is 9.90. The Morgan fingerprint density at radius 3 is 2.79 bits per heavy atom. The lowest BCUT2D eigenvalue weighted by molar-refractivity contribution is 0.375. The smallest absolute Gasteiger partial charge is 0.136 e. The summed E-state index contributed by atoms with van der Waals surface area (Å²) in [6.45, 7) is 6.77. The van der Waals surface area contributed by atoms with Crippen molar-refractivity contribution in [2.75, 3.05) is 20.2 Å². The normalized spacial score (nSPS) is 19.7. The maximum Gasteiger partial charge on any atom is 0.136 e. The molecule has 1 N–H and O–H groups in total. The van der Waals surface area contributed by atoms with Gasteiger partial charge in [-0.3, -0.25) is 0 Å². The largest absolute Gasteiger partial charge is 0.495 e. The molecule has 1 aromatic carbocycles. The second-order valence-corrected chi connectivity index (χ2v) is 6.63. The van der Waals surface area contributed by atoms with Crippen LogP contribution in [0.1, 0.15) is 43.7 Å². The van der Waals surface area contributed by atoms with E-state index in [1.54, 1.807) is 7.11 Å². The number of methoxy groups -OCH3 is 1. The fourth-order valence-corrected chi connectivity index (χ4v) is 3.55. The second kappa shape index (κ2) is 6.76. The van der Waals surface area contributed by atoms with Crippen LogP contribution >= 0.6 is 15.9 Å². The Hall–Kier alpha value is -0.540. The van der Waals surface area contributed by atoms with Crippen LogP contribution in [0.2, 0.25) is 0 Å². The fraction of sp³-hybridized carbons (Fsp3) is 0.625. The minimum absolute atomic E-state index is 0.482. The Kier molecular flexibility index (Phi) is 5.28. The van der Waals surface area contributed by atoms with Gasteiger partial charge in [0.1, 0.15) is 5.75 Å². The quantitative estimate of drug-likeness (QED) is 0.898. The first-order valence-electron chi connectivity index (χ1n) is 7.18. The molecule has 1 saturated heterocycles. The molecule has 1 aromatic rings. The molecule has 3 heteroatoms. The van der Waals surface area contributed by atoms with E-state index in [4.69, 9.17) is 4.74 Å². The van der Waals surface area contributed by atoms with Gasteiger partial charge < -0.3 is 10.1 Å². The van der Waals surface area contributed by atoms with Crippen molar-refractivity contribution >= 4 is 15.9 Å². The van der Waals surface area contributed by atoms with Crippen molar-refractivity contribution in [3.05, 3.63) is 27.7 Å². The zero-order valence-electron chi connectivity index (χ0n) is 12.1. The third-order valence-electron chi connectivity index (χ3n) is 3.88. The first kappa shape index (κ1) is 14.9. The zero-order chi connectivity index (χ0) is 13.8. The van der Waals surface area contributed by atoms with E-state index < -0.39 is 0 Å². The highest BCUT2D eigenvalue weighted by Gasteiger charge is 2.17. The van der Waals surface area contributed by atoms with Crippen molar-refractivity contribution in [3.8, 4) is 5.75 Å². The molecular weight excluding hydrogens is 302 g/mol. The summed E-state index contributed by atoms with van der Waals surface area (Å²) in [4.78, 5) is 0. The summed E-state index contributed by atoms with van der Waals surface area (Å²) in [7, 11) is 1.75. The molecule has 0 aromatic heterocycles. The third kappa shape index (κ3) is 3.73. The number of nitrogens with one attached hydrogen (secondary N) is 1. The van der Waals surface area contributed by atoms with Crippen molar-refractivity contribution in [2.24, 2.45) is 5.92 Å². The number of ether oxygens (including phenoxy) is 1. The summed E-state index contributed by atoms with van der Waals surface area (Å²) in [6, 6.07) is 4.54. The van der Waals surface area contributed by atoms with Gasteiger partial charge in [0.2, 0.25) is 0 Å². The molecule has 1 heterocycles. The van der Waals surface area contributed by atoms with E-state index in [1.807, 2.05) is 0 Å². The predicted octanol–water partition coefficient (Wildman–Crippen LogP) is 4.12. The Morgan fingerprint density at radius 1 is 1.42 bits per heavy atom. The highest BCUT2D eigenvalue weighted by molar-refractivity contribution is 9.10. The van der Waals surface area contributed by atoms with Crippen molar-refractivity contribution in [1.82, 2.24) is 5.32 Å². The standard InChI is InChI=1S/C16H24BrNO/c1-11(2)14-8-13(9-15(17)16(14)19-3)7-12-5-4-6-18-10-12/h8-9,11-12,18H,4-7,10H2,1-3H3. The molecule has 0 bridgehead atoms. The predicted molar refractivity (Wildman–Crippen MR) is 84.1 cm³/mol. The van der Waals surface area contributed by atoms with Gasteiger partial charge in [0.15, 0.2) is 0 Å². The average Bonchev–Trinajstić information content (AvgIpc) is 2.39. The van der Waals surface area contributed by atoms with Crippen LogP contribution in [0, 0.1) is 5.92 Å². The number of hydrogen-bond donors (Lipinski definition) is 1. The van der Waals surface area contributed by atoms with E-state index >= 15 is 0 Å².